The first-order valence-corrected chi connectivity index (χ1v) is 9.31. The molecule has 0 radical (unpaired) electrons. The maximum Gasteiger partial charge on any atom is 0.357 e. The van der Waals surface area contributed by atoms with Crippen LogP contribution in [0.1, 0.15) is 30.8 Å². The second-order valence-corrected chi connectivity index (χ2v) is 7.02. The van der Waals surface area contributed by atoms with Crippen molar-refractivity contribution in [3.05, 3.63) is 11.1 Å². The van der Waals surface area contributed by atoms with Crippen molar-refractivity contribution in [1.82, 2.24) is 4.98 Å². The van der Waals surface area contributed by atoms with Gasteiger partial charge in [0.25, 0.3) is 0 Å². The number of hydrogen-bond acceptors (Lipinski definition) is 8. The van der Waals surface area contributed by atoms with Gasteiger partial charge in [-0.2, -0.15) is 0 Å². The minimum absolute atomic E-state index is 0.277. The van der Waals surface area contributed by atoms with Crippen LogP contribution in [0.4, 0.5) is 5.13 Å². The molecule has 0 spiro atoms. The third kappa shape index (κ3) is 6.13. The van der Waals surface area contributed by atoms with E-state index >= 15 is 0 Å². The largest absolute Gasteiger partial charge is 0.464 e. The summed E-state index contributed by atoms with van der Waals surface area (Å²) in [6.45, 7) is 4.86. The summed E-state index contributed by atoms with van der Waals surface area (Å²) in [5.74, 6) is -0.462. The summed E-state index contributed by atoms with van der Waals surface area (Å²) in [4.78, 5) is 15.3. The van der Waals surface area contributed by atoms with Crippen LogP contribution in [-0.2, 0) is 18.3 Å². The molecule has 0 aliphatic heterocycles. The van der Waals surface area contributed by atoms with Gasteiger partial charge in [0.2, 0.25) is 0 Å². The van der Waals surface area contributed by atoms with E-state index in [1.165, 1.54) is 18.4 Å². The lowest BCUT2D eigenvalue weighted by atomic mass is 10.5. The third-order valence-corrected chi connectivity index (χ3v) is 5.40. The SMILES string of the molecule is CCOP(=O)(CCCNc1nc(C(=O)OC)cs1)OCC. The molecule has 0 aliphatic carbocycles. The molecule has 0 aliphatic rings. The van der Waals surface area contributed by atoms with E-state index in [-0.39, 0.29) is 5.69 Å². The molecule has 0 saturated heterocycles. The number of anilines is 1. The summed E-state index contributed by atoms with van der Waals surface area (Å²) in [7, 11) is -1.67. The van der Waals surface area contributed by atoms with Gasteiger partial charge < -0.3 is 19.1 Å². The fraction of sp³-hybridized carbons (Fsp3) is 0.667. The zero-order chi connectivity index (χ0) is 15.7. The van der Waals surface area contributed by atoms with Gasteiger partial charge in [0.15, 0.2) is 10.8 Å². The van der Waals surface area contributed by atoms with Crippen LogP contribution in [0.25, 0.3) is 0 Å². The van der Waals surface area contributed by atoms with Crippen LogP contribution >= 0.6 is 18.9 Å². The maximum atomic E-state index is 12.2. The van der Waals surface area contributed by atoms with Crippen LogP contribution < -0.4 is 5.32 Å². The first kappa shape index (κ1) is 18.1. The molecule has 1 aromatic rings. The van der Waals surface area contributed by atoms with Crippen molar-refractivity contribution < 1.29 is 23.1 Å². The van der Waals surface area contributed by atoms with Crippen LogP contribution in [0.3, 0.4) is 0 Å². The molecular formula is C12H21N2O5PS. The fourth-order valence-electron chi connectivity index (χ4n) is 1.58. The fourth-order valence-corrected chi connectivity index (χ4v) is 3.95. The highest BCUT2D eigenvalue weighted by Gasteiger charge is 2.22. The van der Waals surface area contributed by atoms with Gasteiger partial charge in [0.05, 0.1) is 26.5 Å². The van der Waals surface area contributed by atoms with Crippen molar-refractivity contribution in [3.63, 3.8) is 0 Å². The highest BCUT2D eigenvalue weighted by molar-refractivity contribution is 7.53. The van der Waals surface area contributed by atoms with Crippen molar-refractivity contribution in [2.45, 2.75) is 20.3 Å². The van der Waals surface area contributed by atoms with Crippen molar-refractivity contribution >= 4 is 30.0 Å². The number of esters is 1. The number of thiazole rings is 1. The van der Waals surface area contributed by atoms with E-state index < -0.39 is 13.6 Å². The average Bonchev–Trinajstić information content (AvgIpc) is 2.92. The Morgan fingerprint density at radius 3 is 2.62 bits per heavy atom. The van der Waals surface area contributed by atoms with E-state index in [0.29, 0.717) is 37.5 Å². The van der Waals surface area contributed by atoms with Gasteiger partial charge in [-0.25, -0.2) is 9.78 Å². The van der Waals surface area contributed by atoms with Crippen LogP contribution in [0, 0.1) is 0 Å². The quantitative estimate of drug-likeness (QED) is 0.399. The average molecular weight is 336 g/mol. The Hall–Kier alpha value is -0.950. The Kier molecular flexibility index (Phi) is 7.88. The first-order valence-electron chi connectivity index (χ1n) is 6.70. The smallest absolute Gasteiger partial charge is 0.357 e. The summed E-state index contributed by atoms with van der Waals surface area (Å²) in [6, 6.07) is 0. The van der Waals surface area contributed by atoms with Gasteiger partial charge >= 0.3 is 13.6 Å². The van der Waals surface area contributed by atoms with Crippen molar-refractivity contribution in [3.8, 4) is 0 Å². The third-order valence-electron chi connectivity index (χ3n) is 2.44. The summed E-state index contributed by atoms with van der Waals surface area (Å²) in [5.41, 5.74) is 0.277. The second-order valence-electron chi connectivity index (χ2n) is 3.98. The summed E-state index contributed by atoms with van der Waals surface area (Å²) < 4.78 is 27.2. The molecule has 0 aromatic carbocycles. The Bertz CT molecular complexity index is 484. The number of rotatable bonds is 10. The van der Waals surface area contributed by atoms with E-state index in [1.54, 1.807) is 19.2 Å². The standard InChI is InChI=1S/C12H21N2O5PS/c1-4-18-20(16,19-5-2)8-6-7-13-12-14-10(9-21-12)11(15)17-3/h9H,4-8H2,1-3H3,(H,13,14). The van der Waals surface area contributed by atoms with E-state index in [2.05, 4.69) is 15.0 Å². The molecule has 0 bridgehead atoms. The summed E-state index contributed by atoms with van der Waals surface area (Å²) >= 11 is 1.32. The molecule has 21 heavy (non-hydrogen) atoms. The molecule has 0 amide bonds. The Balaban J connectivity index is 2.37. The number of methoxy groups -OCH3 is 1. The normalized spacial score (nSPS) is 11.4. The van der Waals surface area contributed by atoms with Gasteiger partial charge in [-0.1, -0.05) is 0 Å². The molecular weight excluding hydrogens is 315 g/mol. The van der Waals surface area contributed by atoms with Crippen LogP contribution in [0.2, 0.25) is 0 Å². The zero-order valence-electron chi connectivity index (χ0n) is 12.5. The summed E-state index contributed by atoms with van der Waals surface area (Å²) in [5, 5.41) is 5.32. The molecule has 1 N–H and O–H groups in total. The predicted octanol–water partition coefficient (Wildman–Crippen LogP) is 3.00. The minimum Gasteiger partial charge on any atom is -0.464 e. The van der Waals surface area contributed by atoms with E-state index in [0.717, 1.165) is 0 Å². The Labute approximate surface area is 128 Å². The van der Waals surface area contributed by atoms with E-state index in [4.69, 9.17) is 9.05 Å². The van der Waals surface area contributed by atoms with Gasteiger partial charge in [-0.05, 0) is 20.3 Å². The number of nitrogens with one attached hydrogen (secondary N) is 1. The van der Waals surface area contributed by atoms with Gasteiger partial charge in [0.1, 0.15) is 0 Å². The molecule has 1 heterocycles. The second kappa shape index (κ2) is 9.15. The highest BCUT2D eigenvalue weighted by atomic mass is 32.1. The Morgan fingerprint density at radius 2 is 2.05 bits per heavy atom. The maximum absolute atomic E-state index is 12.2. The topological polar surface area (TPSA) is 86.8 Å². The number of ether oxygens (including phenoxy) is 1. The lowest BCUT2D eigenvalue weighted by molar-refractivity contribution is 0.0595. The van der Waals surface area contributed by atoms with Gasteiger partial charge in [-0.15, -0.1) is 11.3 Å². The zero-order valence-corrected chi connectivity index (χ0v) is 14.2. The first-order chi connectivity index (χ1) is 10.0. The van der Waals surface area contributed by atoms with Crippen LogP contribution in [0.15, 0.2) is 5.38 Å². The summed E-state index contributed by atoms with van der Waals surface area (Å²) in [6.07, 6.45) is 0.960. The van der Waals surface area contributed by atoms with E-state index in [9.17, 15) is 9.36 Å². The minimum atomic E-state index is -2.99. The predicted molar refractivity (Wildman–Crippen MR) is 82.3 cm³/mol. The number of hydrogen-bond donors (Lipinski definition) is 1. The molecule has 7 nitrogen and oxygen atoms in total. The molecule has 0 saturated carbocycles. The molecule has 120 valence electrons. The lowest BCUT2D eigenvalue weighted by Gasteiger charge is -2.16. The molecule has 0 fully saturated rings. The number of nitrogens with zero attached hydrogens (tertiary/aromatic N) is 1. The van der Waals surface area contributed by atoms with Crippen molar-refractivity contribution in [2.24, 2.45) is 0 Å². The molecule has 1 rings (SSSR count). The van der Waals surface area contributed by atoms with Crippen molar-refractivity contribution in [2.75, 3.05) is 38.3 Å². The monoisotopic (exact) mass is 336 g/mol. The highest BCUT2D eigenvalue weighted by Crippen LogP contribution is 2.48. The number of carbonyl (C=O) groups is 1. The molecule has 9 heteroatoms. The van der Waals surface area contributed by atoms with Crippen LogP contribution in [0.5, 0.6) is 0 Å². The lowest BCUT2D eigenvalue weighted by Crippen LogP contribution is -2.07. The Morgan fingerprint density at radius 1 is 1.38 bits per heavy atom. The number of aromatic nitrogens is 1. The van der Waals surface area contributed by atoms with E-state index in [1.807, 2.05) is 0 Å². The molecule has 0 atom stereocenters. The van der Waals surface area contributed by atoms with Gasteiger partial charge in [0, 0.05) is 11.9 Å². The molecule has 0 unspecified atom stereocenters. The van der Waals surface area contributed by atoms with Gasteiger partial charge in [-0.3, -0.25) is 4.57 Å². The number of carbonyl (C=O) groups excluding carboxylic acids is 1. The van der Waals surface area contributed by atoms with Crippen LogP contribution in [-0.4, -0.2) is 44.0 Å². The van der Waals surface area contributed by atoms with Crippen molar-refractivity contribution in [1.29, 1.82) is 0 Å². The molecule has 1 aromatic heterocycles.